The van der Waals surface area contributed by atoms with Crippen molar-refractivity contribution in [1.82, 2.24) is 0 Å². The Labute approximate surface area is 218 Å². The molecule has 0 fully saturated rings. The number of hydrogen-bond donors (Lipinski definition) is 1. The predicted molar refractivity (Wildman–Crippen MR) is 158 cm³/mol. The van der Waals surface area contributed by atoms with E-state index < -0.39 is 0 Å². The minimum atomic E-state index is 1.06. The number of rotatable bonds is 6. The molecule has 176 valence electrons. The van der Waals surface area contributed by atoms with Gasteiger partial charge in [-0.2, -0.15) is 0 Å². The van der Waals surface area contributed by atoms with Crippen molar-refractivity contribution >= 4 is 11.4 Å². The molecule has 1 N–H and O–H groups in total. The summed E-state index contributed by atoms with van der Waals surface area (Å²) in [5.41, 5.74) is 11.8. The van der Waals surface area contributed by atoms with E-state index >= 15 is 0 Å². The zero-order valence-electron chi connectivity index (χ0n) is 20.5. The molecule has 0 bridgehead atoms. The summed E-state index contributed by atoms with van der Waals surface area (Å²) < 4.78 is 0. The summed E-state index contributed by atoms with van der Waals surface area (Å²) in [5.74, 6) is 0. The van der Waals surface area contributed by atoms with E-state index in [1.54, 1.807) is 0 Å². The van der Waals surface area contributed by atoms with Crippen molar-refractivity contribution in [2.24, 2.45) is 0 Å². The number of benzene rings is 6. The molecule has 6 aromatic rings. The highest BCUT2D eigenvalue weighted by Crippen LogP contribution is 2.43. The minimum absolute atomic E-state index is 1.06. The van der Waals surface area contributed by atoms with Crippen LogP contribution in [0.4, 0.5) is 11.4 Å². The van der Waals surface area contributed by atoms with Gasteiger partial charge in [0.05, 0.1) is 0 Å². The predicted octanol–water partition coefficient (Wildman–Crippen LogP) is 10.1. The summed E-state index contributed by atoms with van der Waals surface area (Å²) in [4.78, 5) is 0. The van der Waals surface area contributed by atoms with Crippen molar-refractivity contribution in [2.45, 2.75) is 0 Å². The van der Waals surface area contributed by atoms with E-state index in [1.807, 2.05) is 6.07 Å². The average molecular weight is 474 g/mol. The van der Waals surface area contributed by atoms with Gasteiger partial charge in [0, 0.05) is 16.9 Å². The van der Waals surface area contributed by atoms with Gasteiger partial charge in [-0.3, -0.25) is 0 Å². The van der Waals surface area contributed by atoms with Gasteiger partial charge in [0.1, 0.15) is 0 Å². The smallest absolute Gasteiger partial charge is 0.0470 e. The molecule has 1 nitrogen and oxygen atoms in total. The molecule has 37 heavy (non-hydrogen) atoms. The van der Waals surface area contributed by atoms with Crippen LogP contribution in [0.25, 0.3) is 44.5 Å². The Morgan fingerprint density at radius 2 is 0.757 bits per heavy atom. The van der Waals surface area contributed by atoms with E-state index in [-0.39, 0.29) is 0 Å². The summed E-state index contributed by atoms with van der Waals surface area (Å²) in [7, 11) is 0. The van der Waals surface area contributed by atoms with Crippen LogP contribution in [0.5, 0.6) is 0 Å². The van der Waals surface area contributed by atoms with Gasteiger partial charge in [0.15, 0.2) is 0 Å². The molecule has 0 unspecified atom stereocenters. The first-order chi connectivity index (χ1) is 18.4. The van der Waals surface area contributed by atoms with Crippen LogP contribution < -0.4 is 5.32 Å². The van der Waals surface area contributed by atoms with Crippen LogP contribution in [0.3, 0.4) is 0 Å². The van der Waals surface area contributed by atoms with Crippen molar-refractivity contribution in [3.63, 3.8) is 0 Å². The lowest BCUT2D eigenvalue weighted by Crippen LogP contribution is -1.97. The zero-order valence-corrected chi connectivity index (χ0v) is 20.5. The van der Waals surface area contributed by atoms with Crippen molar-refractivity contribution < 1.29 is 0 Å². The molecule has 0 aliphatic rings. The monoisotopic (exact) mass is 473 g/mol. The molecule has 6 aromatic carbocycles. The molecule has 0 aliphatic carbocycles. The van der Waals surface area contributed by atoms with Gasteiger partial charge in [-0.1, -0.05) is 140 Å². The van der Waals surface area contributed by atoms with Gasteiger partial charge in [-0.25, -0.2) is 0 Å². The molecule has 0 aromatic heterocycles. The highest BCUT2D eigenvalue weighted by atomic mass is 14.9. The third kappa shape index (κ3) is 4.80. The van der Waals surface area contributed by atoms with Crippen LogP contribution in [-0.4, -0.2) is 0 Å². The molecule has 6 rings (SSSR count). The van der Waals surface area contributed by atoms with E-state index in [4.69, 9.17) is 0 Å². The van der Waals surface area contributed by atoms with E-state index in [0.717, 1.165) is 11.4 Å². The van der Waals surface area contributed by atoms with Crippen molar-refractivity contribution in [2.75, 3.05) is 5.32 Å². The topological polar surface area (TPSA) is 12.0 Å². The Hall–Kier alpha value is -4.88. The molecule has 0 aliphatic heterocycles. The van der Waals surface area contributed by atoms with Crippen LogP contribution >= 0.6 is 0 Å². The van der Waals surface area contributed by atoms with Crippen LogP contribution in [0.1, 0.15) is 0 Å². The fourth-order valence-corrected chi connectivity index (χ4v) is 4.91. The summed E-state index contributed by atoms with van der Waals surface area (Å²) >= 11 is 0. The van der Waals surface area contributed by atoms with Crippen LogP contribution in [0, 0.1) is 0 Å². The van der Waals surface area contributed by atoms with E-state index in [1.165, 1.54) is 44.5 Å². The van der Waals surface area contributed by atoms with Gasteiger partial charge in [-0.15, -0.1) is 0 Å². The van der Waals surface area contributed by atoms with Gasteiger partial charge in [0.2, 0.25) is 0 Å². The standard InChI is InChI=1S/C36H27N/c1-4-13-27(14-5-1)28-23-25-31(26-24-28)37-35-22-12-21-33(30-17-8-3-9-18-30)36(35)34-20-11-10-19-32(34)29-15-6-2-7-16-29/h1-26,37H. The van der Waals surface area contributed by atoms with Crippen LogP contribution in [-0.2, 0) is 0 Å². The van der Waals surface area contributed by atoms with Gasteiger partial charge < -0.3 is 5.32 Å². The summed E-state index contributed by atoms with van der Waals surface area (Å²) in [6.45, 7) is 0. The van der Waals surface area contributed by atoms with Crippen molar-refractivity contribution in [1.29, 1.82) is 0 Å². The second-order valence-electron chi connectivity index (χ2n) is 9.07. The fourth-order valence-electron chi connectivity index (χ4n) is 4.91. The Morgan fingerprint density at radius 3 is 1.38 bits per heavy atom. The van der Waals surface area contributed by atoms with Crippen LogP contribution in [0.2, 0.25) is 0 Å². The lowest BCUT2D eigenvalue weighted by molar-refractivity contribution is 1.51. The maximum absolute atomic E-state index is 3.74. The maximum Gasteiger partial charge on any atom is 0.0470 e. The average Bonchev–Trinajstić information content (AvgIpc) is 2.99. The molecule has 0 heterocycles. The normalized spacial score (nSPS) is 10.7. The second-order valence-corrected chi connectivity index (χ2v) is 9.07. The highest BCUT2D eigenvalue weighted by molar-refractivity contribution is 5.98. The van der Waals surface area contributed by atoms with Gasteiger partial charge in [-0.05, 0) is 57.1 Å². The van der Waals surface area contributed by atoms with E-state index in [9.17, 15) is 0 Å². The third-order valence-electron chi connectivity index (χ3n) is 6.70. The third-order valence-corrected chi connectivity index (χ3v) is 6.70. The molecule has 1 heteroatoms. The largest absolute Gasteiger partial charge is 0.355 e. The molecular weight excluding hydrogens is 446 g/mol. The van der Waals surface area contributed by atoms with Gasteiger partial charge in [0.25, 0.3) is 0 Å². The maximum atomic E-state index is 3.74. The first-order valence-electron chi connectivity index (χ1n) is 12.6. The van der Waals surface area contributed by atoms with Crippen molar-refractivity contribution in [3.05, 3.63) is 158 Å². The fraction of sp³-hybridized carbons (Fsp3) is 0. The summed E-state index contributed by atoms with van der Waals surface area (Å²) in [5, 5.41) is 3.74. The lowest BCUT2D eigenvalue weighted by Gasteiger charge is -2.20. The summed E-state index contributed by atoms with van der Waals surface area (Å²) in [6.07, 6.45) is 0. The lowest BCUT2D eigenvalue weighted by atomic mass is 9.88. The second kappa shape index (κ2) is 10.4. The quantitative estimate of drug-likeness (QED) is 0.254. The Morgan fingerprint density at radius 1 is 0.297 bits per heavy atom. The SMILES string of the molecule is c1ccc(-c2ccc(Nc3cccc(-c4ccccc4)c3-c3ccccc3-c3ccccc3)cc2)cc1. The molecule has 0 radical (unpaired) electrons. The highest BCUT2D eigenvalue weighted by Gasteiger charge is 2.16. The van der Waals surface area contributed by atoms with E-state index in [0.29, 0.717) is 0 Å². The number of anilines is 2. The first kappa shape index (κ1) is 22.6. The van der Waals surface area contributed by atoms with Crippen molar-refractivity contribution in [3.8, 4) is 44.5 Å². The zero-order chi connectivity index (χ0) is 24.9. The Balaban J connectivity index is 1.48. The van der Waals surface area contributed by atoms with Crippen LogP contribution in [0.15, 0.2) is 158 Å². The molecule has 0 atom stereocenters. The molecular formula is C36H27N. The number of nitrogens with one attached hydrogen (secondary N) is 1. The number of hydrogen-bond acceptors (Lipinski definition) is 1. The first-order valence-corrected chi connectivity index (χ1v) is 12.6. The Kier molecular flexibility index (Phi) is 6.34. The Bertz CT molecular complexity index is 1600. The molecule has 0 saturated carbocycles. The summed E-state index contributed by atoms with van der Waals surface area (Å²) in [6, 6.07) is 55.6. The van der Waals surface area contributed by atoms with E-state index in [2.05, 4.69) is 157 Å². The van der Waals surface area contributed by atoms with Gasteiger partial charge >= 0.3 is 0 Å². The molecule has 0 saturated heterocycles. The molecule has 0 spiro atoms. The minimum Gasteiger partial charge on any atom is -0.355 e. The molecule has 0 amide bonds.